The number of methoxy groups -OCH3 is 1. The van der Waals surface area contributed by atoms with Crippen LogP contribution in [0.2, 0.25) is 5.02 Å². The maximum atomic E-state index is 14.6. The van der Waals surface area contributed by atoms with Gasteiger partial charge in [0.15, 0.2) is 0 Å². The zero-order valence-electron chi connectivity index (χ0n) is 26.0. The quantitative estimate of drug-likeness (QED) is 0.159. The van der Waals surface area contributed by atoms with Gasteiger partial charge in [0.2, 0.25) is 11.8 Å². The third-order valence-corrected chi connectivity index (χ3v) is 10.8. The van der Waals surface area contributed by atoms with Gasteiger partial charge in [-0.2, -0.15) is 0 Å². The summed E-state index contributed by atoms with van der Waals surface area (Å²) in [6, 6.07) is 28.5. The second-order valence-corrected chi connectivity index (χ2v) is 14.7. The number of carbonyl (C=O) groups excluding carboxylic acids is 2. The van der Waals surface area contributed by atoms with Crippen LogP contribution in [0.25, 0.3) is 0 Å². The van der Waals surface area contributed by atoms with Crippen molar-refractivity contribution in [2.45, 2.75) is 55.6 Å². The highest BCUT2D eigenvalue weighted by atomic mass is 79.9. The molecule has 0 saturated heterocycles. The first-order chi connectivity index (χ1) is 22.6. The number of rotatable bonds is 13. The molecule has 0 heterocycles. The van der Waals surface area contributed by atoms with Crippen molar-refractivity contribution >= 4 is 55.1 Å². The van der Waals surface area contributed by atoms with Crippen LogP contribution in [-0.4, -0.2) is 50.9 Å². The van der Waals surface area contributed by atoms with Crippen LogP contribution in [0.4, 0.5) is 5.69 Å². The number of amides is 2. The van der Waals surface area contributed by atoms with E-state index in [1.54, 1.807) is 30.3 Å². The number of hydrogen-bond acceptors (Lipinski definition) is 5. The third-order valence-electron chi connectivity index (χ3n) is 8.24. The van der Waals surface area contributed by atoms with Crippen LogP contribution >= 0.6 is 27.5 Å². The molecule has 1 aliphatic rings. The molecule has 1 atom stereocenters. The number of ether oxygens (including phenoxy) is 1. The van der Waals surface area contributed by atoms with Crippen molar-refractivity contribution in [3.8, 4) is 5.75 Å². The maximum Gasteiger partial charge on any atom is 0.264 e. The van der Waals surface area contributed by atoms with Gasteiger partial charge in [-0.3, -0.25) is 13.9 Å². The molecule has 0 radical (unpaired) electrons. The van der Waals surface area contributed by atoms with Gasteiger partial charge in [-0.05, 0) is 78.6 Å². The molecule has 47 heavy (non-hydrogen) atoms. The monoisotopic (exact) mass is 737 g/mol. The zero-order valence-corrected chi connectivity index (χ0v) is 29.2. The molecule has 1 saturated carbocycles. The first-order valence-corrected chi connectivity index (χ1v) is 18.1. The van der Waals surface area contributed by atoms with Crippen LogP contribution < -0.4 is 14.4 Å². The smallest absolute Gasteiger partial charge is 0.264 e. The Hall–Kier alpha value is -3.86. The molecule has 5 rings (SSSR count). The van der Waals surface area contributed by atoms with Crippen LogP contribution in [0.1, 0.15) is 36.8 Å². The van der Waals surface area contributed by atoms with E-state index < -0.39 is 28.5 Å². The highest BCUT2D eigenvalue weighted by Crippen LogP contribution is 2.28. The average Bonchev–Trinajstić information content (AvgIpc) is 3.58. The highest BCUT2D eigenvalue weighted by molar-refractivity contribution is 9.10. The van der Waals surface area contributed by atoms with E-state index in [9.17, 15) is 18.0 Å². The summed E-state index contributed by atoms with van der Waals surface area (Å²) >= 11 is 9.83. The molecule has 1 unspecified atom stereocenters. The van der Waals surface area contributed by atoms with Crippen LogP contribution in [0.5, 0.6) is 5.75 Å². The molecule has 4 aromatic rings. The van der Waals surface area contributed by atoms with Gasteiger partial charge < -0.3 is 15.0 Å². The molecule has 8 nitrogen and oxygen atoms in total. The minimum atomic E-state index is -4.26. The first kappa shape index (κ1) is 34.5. The SMILES string of the molecule is COc1ccc(S(=O)(=O)N(CC(=O)N(Cc2cccc(Br)c2)C(Cc2ccccc2)C(=O)NC2CCCC2)c2cccc(Cl)c2)cc1. The summed E-state index contributed by atoms with van der Waals surface area (Å²) in [7, 11) is -2.77. The Kier molecular flexibility index (Phi) is 11.6. The molecule has 1 fully saturated rings. The topological polar surface area (TPSA) is 96.0 Å². The molecule has 11 heteroatoms. The van der Waals surface area contributed by atoms with Gasteiger partial charge in [0.25, 0.3) is 10.0 Å². The van der Waals surface area contributed by atoms with E-state index in [1.807, 2.05) is 54.6 Å². The average molecular weight is 739 g/mol. The van der Waals surface area contributed by atoms with Gasteiger partial charge in [-0.1, -0.05) is 88.9 Å². The number of hydrogen-bond donors (Lipinski definition) is 1. The summed E-state index contributed by atoms with van der Waals surface area (Å²) in [4.78, 5) is 30.2. The molecule has 4 aromatic carbocycles. The Labute approximate surface area is 289 Å². The lowest BCUT2D eigenvalue weighted by Gasteiger charge is -2.34. The van der Waals surface area contributed by atoms with Gasteiger partial charge >= 0.3 is 0 Å². The molecular weight excluding hydrogens is 702 g/mol. The van der Waals surface area contributed by atoms with Gasteiger partial charge in [0, 0.05) is 28.5 Å². The normalized spacial score (nSPS) is 13.9. The first-order valence-electron chi connectivity index (χ1n) is 15.4. The molecule has 1 aliphatic carbocycles. The molecule has 1 N–H and O–H groups in total. The maximum absolute atomic E-state index is 14.6. The number of nitrogens with zero attached hydrogens (tertiary/aromatic N) is 2. The van der Waals surface area contributed by atoms with Crippen molar-refractivity contribution < 1.29 is 22.7 Å². The minimum absolute atomic E-state index is 0.0237. The highest BCUT2D eigenvalue weighted by Gasteiger charge is 2.35. The molecule has 0 aliphatic heterocycles. The summed E-state index contributed by atoms with van der Waals surface area (Å²) in [5.74, 6) is -0.312. The Balaban J connectivity index is 1.56. The standard InChI is InChI=1S/C36H37BrClN3O5S/c1-46-32-17-19-33(20-18-32)47(44,45)41(31-16-8-13-29(38)23-31)25-35(42)40(24-27-11-7-12-28(37)21-27)34(22-26-9-3-2-4-10-26)36(43)39-30-14-5-6-15-30/h2-4,7-13,16-21,23,30,34H,5-6,14-15,22,24-25H2,1H3,(H,39,43). The molecule has 246 valence electrons. The summed E-state index contributed by atoms with van der Waals surface area (Å²) in [6.45, 7) is -0.482. The molecule has 0 spiro atoms. The Bertz CT molecular complexity index is 1780. The van der Waals surface area contributed by atoms with E-state index in [4.69, 9.17) is 16.3 Å². The number of nitrogens with one attached hydrogen (secondary N) is 1. The largest absolute Gasteiger partial charge is 0.497 e. The van der Waals surface area contributed by atoms with Gasteiger partial charge in [-0.15, -0.1) is 0 Å². The second-order valence-electron chi connectivity index (χ2n) is 11.5. The van der Waals surface area contributed by atoms with E-state index in [-0.39, 0.29) is 35.5 Å². The third kappa shape index (κ3) is 8.94. The van der Waals surface area contributed by atoms with Crippen molar-refractivity contribution in [2.75, 3.05) is 18.0 Å². The number of benzene rings is 4. The minimum Gasteiger partial charge on any atom is -0.497 e. The van der Waals surface area contributed by atoms with Crippen molar-refractivity contribution in [2.24, 2.45) is 0 Å². The predicted molar refractivity (Wildman–Crippen MR) is 188 cm³/mol. The summed E-state index contributed by atoms with van der Waals surface area (Å²) < 4.78 is 35.5. The summed E-state index contributed by atoms with van der Waals surface area (Å²) in [6.07, 6.45) is 4.08. The number of carbonyl (C=O) groups is 2. The van der Waals surface area contributed by atoms with E-state index in [1.165, 1.54) is 30.2 Å². The van der Waals surface area contributed by atoms with E-state index in [0.29, 0.717) is 10.8 Å². The molecule has 0 bridgehead atoms. The molecular formula is C36H37BrClN3O5S. The Morgan fingerprint density at radius 2 is 1.60 bits per heavy atom. The Morgan fingerprint density at radius 1 is 0.915 bits per heavy atom. The van der Waals surface area contributed by atoms with Crippen LogP contribution in [0, 0.1) is 0 Å². The molecule has 0 aromatic heterocycles. The van der Waals surface area contributed by atoms with Gasteiger partial charge in [-0.25, -0.2) is 8.42 Å². The lowest BCUT2D eigenvalue weighted by molar-refractivity contribution is -0.140. The lowest BCUT2D eigenvalue weighted by Crippen LogP contribution is -2.54. The van der Waals surface area contributed by atoms with E-state index >= 15 is 0 Å². The van der Waals surface area contributed by atoms with Gasteiger partial charge in [0.05, 0.1) is 17.7 Å². The predicted octanol–water partition coefficient (Wildman–Crippen LogP) is 7.01. The number of anilines is 1. The van der Waals surface area contributed by atoms with E-state index in [0.717, 1.165) is 45.6 Å². The number of sulfonamides is 1. The fourth-order valence-electron chi connectivity index (χ4n) is 5.79. The van der Waals surface area contributed by atoms with Crippen LogP contribution in [0.15, 0.2) is 112 Å². The molecule has 2 amide bonds. The lowest BCUT2D eigenvalue weighted by atomic mass is 10.0. The van der Waals surface area contributed by atoms with Crippen molar-refractivity contribution in [3.05, 3.63) is 124 Å². The van der Waals surface area contributed by atoms with Crippen molar-refractivity contribution in [1.29, 1.82) is 0 Å². The summed E-state index contributed by atoms with van der Waals surface area (Å²) in [5, 5.41) is 3.50. The fourth-order valence-corrected chi connectivity index (χ4v) is 7.83. The van der Waals surface area contributed by atoms with Crippen LogP contribution in [-0.2, 0) is 32.6 Å². The number of halogens is 2. The van der Waals surface area contributed by atoms with Crippen molar-refractivity contribution in [3.63, 3.8) is 0 Å². The summed E-state index contributed by atoms with van der Waals surface area (Å²) in [5.41, 5.74) is 1.88. The van der Waals surface area contributed by atoms with E-state index in [2.05, 4.69) is 21.2 Å². The van der Waals surface area contributed by atoms with Crippen LogP contribution in [0.3, 0.4) is 0 Å². The zero-order chi connectivity index (χ0) is 33.4. The fraction of sp³-hybridized carbons (Fsp3) is 0.278. The Morgan fingerprint density at radius 3 is 2.26 bits per heavy atom. The van der Waals surface area contributed by atoms with Gasteiger partial charge in [0.1, 0.15) is 18.3 Å². The second kappa shape index (κ2) is 15.8. The van der Waals surface area contributed by atoms with Crippen molar-refractivity contribution in [1.82, 2.24) is 10.2 Å².